The molecule has 5 N–H and O–H groups in total. The van der Waals surface area contributed by atoms with Gasteiger partial charge < -0.3 is 26.2 Å². The van der Waals surface area contributed by atoms with Gasteiger partial charge in [-0.3, -0.25) is 14.4 Å². The number of phenols is 2. The van der Waals surface area contributed by atoms with Gasteiger partial charge in [-0.15, -0.1) is 0 Å². The summed E-state index contributed by atoms with van der Waals surface area (Å²) < 4.78 is 0. The molecule has 174 valence electrons. The van der Waals surface area contributed by atoms with Crippen LogP contribution in [0.1, 0.15) is 31.1 Å². The summed E-state index contributed by atoms with van der Waals surface area (Å²) in [6.45, 7) is 0. The Hall–Kier alpha value is -5.11. The van der Waals surface area contributed by atoms with Crippen LogP contribution >= 0.6 is 0 Å². The number of benzene rings is 4. The van der Waals surface area contributed by atoms with Gasteiger partial charge in [0.1, 0.15) is 11.5 Å². The van der Waals surface area contributed by atoms with Crippen molar-refractivity contribution in [3.8, 4) is 11.5 Å². The molecule has 3 amide bonds. The van der Waals surface area contributed by atoms with Crippen LogP contribution in [0.3, 0.4) is 0 Å². The maximum absolute atomic E-state index is 12.9. The van der Waals surface area contributed by atoms with Gasteiger partial charge in [-0.1, -0.05) is 30.3 Å². The number of nitrogens with one attached hydrogen (secondary N) is 3. The predicted molar refractivity (Wildman–Crippen MR) is 133 cm³/mol. The highest BCUT2D eigenvalue weighted by Gasteiger charge is 2.16. The Labute approximate surface area is 200 Å². The van der Waals surface area contributed by atoms with Gasteiger partial charge in [0, 0.05) is 45.9 Å². The van der Waals surface area contributed by atoms with Gasteiger partial charge in [-0.2, -0.15) is 0 Å². The minimum Gasteiger partial charge on any atom is -0.508 e. The molecule has 0 saturated carbocycles. The van der Waals surface area contributed by atoms with Crippen LogP contribution in [0.15, 0.2) is 97.1 Å². The highest BCUT2D eigenvalue weighted by atomic mass is 16.3. The number of hydrogen-bond acceptors (Lipinski definition) is 5. The average Bonchev–Trinajstić information content (AvgIpc) is 2.84. The summed E-state index contributed by atoms with van der Waals surface area (Å²) in [6.07, 6.45) is 0. The predicted octanol–water partition coefficient (Wildman–Crippen LogP) is 4.85. The third kappa shape index (κ3) is 6.02. The number of aromatic hydroxyl groups is 2. The number of hydrogen-bond donors (Lipinski definition) is 5. The Kier molecular flexibility index (Phi) is 6.73. The average molecular weight is 467 g/mol. The van der Waals surface area contributed by atoms with E-state index in [0.717, 1.165) is 0 Å². The van der Waals surface area contributed by atoms with Crippen LogP contribution in [0.4, 0.5) is 17.1 Å². The molecule has 35 heavy (non-hydrogen) atoms. The lowest BCUT2D eigenvalue weighted by molar-refractivity contribution is 0.101. The third-order valence-corrected chi connectivity index (χ3v) is 4.96. The maximum atomic E-state index is 12.9. The van der Waals surface area contributed by atoms with E-state index < -0.39 is 17.7 Å². The molecular formula is C27H21N3O5. The lowest BCUT2D eigenvalue weighted by Crippen LogP contribution is -2.18. The van der Waals surface area contributed by atoms with Crippen molar-refractivity contribution in [3.63, 3.8) is 0 Å². The molecule has 0 aliphatic heterocycles. The zero-order valence-electron chi connectivity index (χ0n) is 18.4. The van der Waals surface area contributed by atoms with Gasteiger partial charge in [0.2, 0.25) is 0 Å². The number of phenolic OH excluding ortho intramolecular Hbond substituents is 2. The standard InChI is InChI=1S/C27H21N3O5/c31-23-10-4-8-20(15-23)28-26(34)18-12-19(27(35)29-21-9-5-11-24(32)16-21)14-22(13-18)30-25(33)17-6-2-1-3-7-17/h1-16,31-32H,(H,28,34)(H,29,35)(H,30,33). The van der Waals surface area contributed by atoms with E-state index >= 15 is 0 Å². The first kappa shape index (κ1) is 23.1. The number of rotatable bonds is 6. The molecule has 0 aromatic heterocycles. The fourth-order valence-corrected chi connectivity index (χ4v) is 3.33. The highest BCUT2D eigenvalue weighted by Crippen LogP contribution is 2.22. The normalized spacial score (nSPS) is 10.3. The minimum atomic E-state index is -0.544. The van der Waals surface area contributed by atoms with E-state index in [-0.39, 0.29) is 28.3 Å². The fraction of sp³-hybridized carbons (Fsp3) is 0. The van der Waals surface area contributed by atoms with Crippen LogP contribution in [0.5, 0.6) is 11.5 Å². The van der Waals surface area contributed by atoms with Crippen molar-refractivity contribution < 1.29 is 24.6 Å². The van der Waals surface area contributed by atoms with Crippen molar-refractivity contribution in [1.29, 1.82) is 0 Å². The van der Waals surface area contributed by atoms with Gasteiger partial charge in [0.25, 0.3) is 17.7 Å². The van der Waals surface area contributed by atoms with Crippen molar-refractivity contribution in [1.82, 2.24) is 0 Å². The quantitative estimate of drug-likeness (QED) is 0.277. The number of amides is 3. The van der Waals surface area contributed by atoms with Crippen LogP contribution in [0, 0.1) is 0 Å². The Balaban J connectivity index is 1.65. The second kappa shape index (κ2) is 10.2. The molecule has 0 heterocycles. The fourth-order valence-electron chi connectivity index (χ4n) is 3.33. The van der Waals surface area contributed by atoms with E-state index in [4.69, 9.17) is 0 Å². The Morgan fingerprint density at radius 2 is 0.914 bits per heavy atom. The van der Waals surface area contributed by atoms with Crippen LogP contribution in [-0.4, -0.2) is 27.9 Å². The van der Waals surface area contributed by atoms with Gasteiger partial charge in [0.05, 0.1) is 0 Å². The van der Waals surface area contributed by atoms with E-state index in [1.165, 1.54) is 42.5 Å². The summed E-state index contributed by atoms with van der Waals surface area (Å²) in [5, 5.41) is 27.3. The molecule has 0 bridgehead atoms. The molecule has 0 spiro atoms. The van der Waals surface area contributed by atoms with Crippen molar-refractivity contribution in [3.05, 3.63) is 114 Å². The van der Waals surface area contributed by atoms with E-state index in [1.807, 2.05) is 0 Å². The first-order valence-electron chi connectivity index (χ1n) is 10.6. The third-order valence-electron chi connectivity index (χ3n) is 4.96. The lowest BCUT2D eigenvalue weighted by atomic mass is 10.1. The summed E-state index contributed by atoms with van der Waals surface area (Å²) in [5.74, 6) is -1.53. The Morgan fingerprint density at radius 1 is 0.457 bits per heavy atom. The molecule has 0 atom stereocenters. The molecule has 0 aliphatic rings. The smallest absolute Gasteiger partial charge is 0.255 e. The van der Waals surface area contributed by atoms with E-state index in [9.17, 15) is 24.6 Å². The lowest BCUT2D eigenvalue weighted by Gasteiger charge is -2.12. The zero-order chi connectivity index (χ0) is 24.8. The molecule has 0 saturated heterocycles. The molecule has 8 heteroatoms. The number of anilines is 3. The first-order chi connectivity index (χ1) is 16.9. The van der Waals surface area contributed by atoms with Crippen LogP contribution < -0.4 is 16.0 Å². The number of carbonyl (C=O) groups is 3. The Morgan fingerprint density at radius 3 is 1.40 bits per heavy atom. The van der Waals surface area contributed by atoms with Crippen molar-refractivity contribution in [2.75, 3.05) is 16.0 Å². The highest BCUT2D eigenvalue weighted by molar-refractivity contribution is 6.11. The summed E-state index contributed by atoms with van der Waals surface area (Å²) >= 11 is 0. The largest absolute Gasteiger partial charge is 0.508 e. The molecule has 0 aliphatic carbocycles. The first-order valence-corrected chi connectivity index (χ1v) is 10.6. The van der Waals surface area contributed by atoms with Gasteiger partial charge in [-0.25, -0.2) is 0 Å². The van der Waals surface area contributed by atoms with Gasteiger partial charge >= 0.3 is 0 Å². The molecular weight excluding hydrogens is 446 g/mol. The summed E-state index contributed by atoms with van der Waals surface area (Å²) in [7, 11) is 0. The summed E-state index contributed by atoms with van der Waals surface area (Å²) in [6, 6.07) is 24.9. The second-order valence-electron chi connectivity index (χ2n) is 7.63. The Bertz CT molecular complexity index is 1330. The van der Waals surface area contributed by atoms with Crippen LogP contribution in [0.25, 0.3) is 0 Å². The van der Waals surface area contributed by atoms with Crippen molar-refractivity contribution in [2.24, 2.45) is 0 Å². The van der Waals surface area contributed by atoms with Crippen molar-refractivity contribution in [2.45, 2.75) is 0 Å². The zero-order valence-corrected chi connectivity index (χ0v) is 18.4. The van der Waals surface area contributed by atoms with Gasteiger partial charge in [0.15, 0.2) is 0 Å². The topological polar surface area (TPSA) is 128 Å². The van der Waals surface area contributed by atoms with E-state index in [1.54, 1.807) is 54.6 Å². The molecule has 0 fully saturated rings. The van der Waals surface area contributed by atoms with Crippen LogP contribution in [-0.2, 0) is 0 Å². The van der Waals surface area contributed by atoms with E-state index in [0.29, 0.717) is 16.9 Å². The molecule has 4 aromatic rings. The summed E-state index contributed by atoms with van der Waals surface area (Å²) in [5.41, 5.74) is 1.59. The molecule has 0 unspecified atom stereocenters. The molecule has 0 radical (unpaired) electrons. The van der Waals surface area contributed by atoms with Crippen LogP contribution in [0.2, 0.25) is 0 Å². The SMILES string of the molecule is O=C(Nc1cc(C(=O)Nc2cccc(O)c2)cc(C(=O)Nc2cccc(O)c2)c1)c1ccccc1. The second-order valence-corrected chi connectivity index (χ2v) is 7.63. The maximum Gasteiger partial charge on any atom is 0.255 e. The van der Waals surface area contributed by atoms with Crippen molar-refractivity contribution >= 4 is 34.8 Å². The number of carbonyl (C=O) groups excluding carboxylic acids is 3. The summed E-state index contributed by atoms with van der Waals surface area (Å²) in [4.78, 5) is 38.5. The monoisotopic (exact) mass is 467 g/mol. The minimum absolute atomic E-state index is 0.0159. The molecule has 4 aromatic carbocycles. The van der Waals surface area contributed by atoms with Gasteiger partial charge in [-0.05, 0) is 54.6 Å². The van der Waals surface area contributed by atoms with E-state index in [2.05, 4.69) is 16.0 Å². The molecule has 4 rings (SSSR count). The molecule has 8 nitrogen and oxygen atoms in total.